The molecule has 3 aliphatic heterocycles. The van der Waals surface area contributed by atoms with Gasteiger partial charge >= 0.3 is 5.97 Å². The van der Waals surface area contributed by atoms with E-state index < -0.39 is 35.0 Å². The summed E-state index contributed by atoms with van der Waals surface area (Å²) in [6.45, 7) is 10.3. The van der Waals surface area contributed by atoms with Gasteiger partial charge in [-0.1, -0.05) is 31.2 Å². The number of fused-ring (bicyclic) bond motifs is 1. The Kier molecular flexibility index (Phi) is 7.30. The third-order valence-electron chi connectivity index (χ3n) is 8.53. The van der Waals surface area contributed by atoms with Crippen LogP contribution in [-0.4, -0.2) is 69.8 Å². The Balaban J connectivity index is 1.81. The van der Waals surface area contributed by atoms with Crippen LogP contribution >= 0.6 is 0 Å². The zero-order valence-corrected chi connectivity index (χ0v) is 21.5. The number of aliphatic hydroxyl groups is 1. The van der Waals surface area contributed by atoms with Crippen LogP contribution in [-0.2, 0) is 19.1 Å². The molecule has 3 aliphatic rings. The Morgan fingerprint density at radius 3 is 2.50 bits per heavy atom. The first-order chi connectivity index (χ1) is 17.2. The van der Waals surface area contributed by atoms with Gasteiger partial charge in [0.25, 0.3) is 5.91 Å². The minimum Gasteiger partial charge on any atom is -0.481 e. The van der Waals surface area contributed by atoms with Crippen molar-refractivity contribution < 1.29 is 29.3 Å². The molecular formula is C28H38N2O6. The van der Waals surface area contributed by atoms with Crippen LogP contribution in [0, 0.1) is 25.7 Å². The molecular weight excluding hydrogens is 460 g/mol. The maximum absolute atomic E-state index is 14.5. The minimum atomic E-state index is -1.17. The summed E-state index contributed by atoms with van der Waals surface area (Å²) < 4.78 is 6.62. The van der Waals surface area contributed by atoms with Crippen LogP contribution in [0.5, 0.6) is 0 Å². The predicted molar refractivity (Wildman–Crippen MR) is 136 cm³/mol. The van der Waals surface area contributed by atoms with Gasteiger partial charge in [-0.2, -0.15) is 0 Å². The standard InChI is InChI=1S/C28H38N2O6/c1-5-15-29(22-18(3)11-10-12-19(22)4)25(33)23-28-14-13-27(6-2,36-28)21(26(34)35)20(28)24(32)30(23)16-8-7-9-17-31/h5,10-12,20-21,23,31H,1,6-9,13-17H2,2-4H3,(H,34,35)/t20-,21+,23?,27-,28?/m0/s1. The number of carbonyl (C=O) groups excluding carboxylic acids is 2. The van der Waals surface area contributed by atoms with Crippen LogP contribution in [0.1, 0.15) is 56.6 Å². The molecule has 0 saturated carbocycles. The largest absolute Gasteiger partial charge is 0.481 e. The highest BCUT2D eigenvalue weighted by molar-refractivity contribution is 6.05. The van der Waals surface area contributed by atoms with Crippen LogP contribution < -0.4 is 4.90 Å². The van der Waals surface area contributed by atoms with Crippen molar-refractivity contribution in [2.75, 3.05) is 24.6 Å². The van der Waals surface area contributed by atoms with Gasteiger partial charge in [-0.15, -0.1) is 6.58 Å². The molecule has 2 N–H and O–H groups in total. The number of hydrogen-bond acceptors (Lipinski definition) is 5. The molecule has 2 amide bonds. The van der Waals surface area contributed by atoms with E-state index in [-0.39, 0.29) is 25.0 Å². The first-order valence-corrected chi connectivity index (χ1v) is 13.0. The van der Waals surface area contributed by atoms with Crippen LogP contribution in [0.2, 0.25) is 0 Å². The van der Waals surface area contributed by atoms with Crippen molar-refractivity contribution in [1.29, 1.82) is 0 Å². The summed E-state index contributed by atoms with van der Waals surface area (Å²) in [5.41, 5.74) is 0.546. The van der Waals surface area contributed by atoms with Gasteiger partial charge in [0.15, 0.2) is 0 Å². The highest BCUT2D eigenvalue weighted by Crippen LogP contribution is 2.64. The summed E-state index contributed by atoms with van der Waals surface area (Å²) in [5.74, 6) is -3.47. The zero-order chi connectivity index (χ0) is 26.3. The summed E-state index contributed by atoms with van der Waals surface area (Å²) in [5, 5.41) is 19.4. The molecule has 0 aromatic heterocycles. The van der Waals surface area contributed by atoms with Gasteiger partial charge in [0.2, 0.25) is 5.91 Å². The number of unbranched alkanes of at least 4 members (excludes halogenated alkanes) is 2. The highest BCUT2D eigenvalue weighted by Gasteiger charge is 2.79. The molecule has 3 fully saturated rings. The number of hydrogen-bond donors (Lipinski definition) is 2. The number of ether oxygens (including phenoxy) is 1. The van der Waals surface area contributed by atoms with Crippen LogP contribution in [0.3, 0.4) is 0 Å². The van der Waals surface area contributed by atoms with Crippen molar-refractivity contribution >= 4 is 23.5 Å². The lowest BCUT2D eigenvalue weighted by molar-refractivity contribution is -0.155. The van der Waals surface area contributed by atoms with Crippen LogP contribution in [0.25, 0.3) is 0 Å². The van der Waals surface area contributed by atoms with Gasteiger partial charge in [0.1, 0.15) is 17.6 Å². The van der Waals surface area contributed by atoms with E-state index in [0.717, 1.165) is 16.8 Å². The number of aliphatic hydroxyl groups excluding tert-OH is 1. The molecule has 0 radical (unpaired) electrons. The van der Waals surface area contributed by atoms with Gasteiger partial charge in [0.05, 0.1) is 11.5 Å². The average molecular weight is 499 g/mol. The number of rotatable bonds is 11. The van der Waals surface area contributed by atoms with Crippen molar-refractivity contribution in [3.63, 3.8) is 0 Å². The number of anilines is 1. The summed E-state index contributed by atoms with van der Waals surface area (Å²) in [7, 11) is 0. The number of para-hydroxylation sites is 1. The average Bonchev–Trinajstić information content (AvgIpc) is 3.44. The fourth-order valence-corrected chi connectivity index (χ4v) is 6.98. The molecule has 3 heterocycles. The van der Waals surface area contributed by atoms with Crippen molar-refractivity contribution in [3.05, 3.63) is 42.0 Å². The first-order valence-electron chi connectivity index (χ1n) is 13.0. The predicted octanol–water partition coefficient (Wildman–Crippen LogP) is 3.22. The van der Waals surface area contributed by atoms with Crippen molar-refractivity contribution in [2.45, 2.75) is 76.5 Å². The molecule has 0 aliphatic carbocycles. The summed E-state index contributed by atoms with van der Waals surface area (Å²) in [4.78, 5) is 44.2. The molecule has 4 rings (SSSR count). The molecule has 5 atom stereocenters. The molecule has 1 aromatic rings. The SMILES string of the molecule is C=CCN(C(=O)C1N(CCCCCO)C(=O)[C@@H]2[C@H](C(=O)O)[C@]3(CC)CCC12O3)c1c(C)cccc1C. The normalized spacial score (nSPS) is 30.5. The van der Waals surface area contributed by atoms with E-state index in [4.69, 9.17) is 4.74 Å². The van der Waals surface area contributed by atoms with Gasteiger partial charge in [-0.3, -0.25) is 14.4 Å². The molecule has 3 saturated heterocycles. The second kappa shape index (κ2) is 9.98. The number of carbonyl (C=O) groups is 3. The third kappa shape index (κ3) is 3.86. The number of carboxylic acids is 1. The highest BCUT2D eigenvalue weighted by atomic mass is 16.5. The van der Waals surface area contributed by atoms with E-state index in [0.29, 0.717) is 45.1 Å². The van der Waals surface area contributed by atoms with Gasteiger partial charge < -0.3 is 24.7 Å². The Morgan fingerprint density at radius 2 is 1.92 bits per heavy atom. The molecule has 2 unspecified atom stereocenters. The van der Waals surface area contributed by atoms with E-state index in [1.807, 2.05) is 39.0 Å². The lowest BCUT2D eigenvalue weighted by Gasteiger charge is -2.37. The lowest BCUT2D eigenvalue weighted by Crippen LogP contribution is -2.56. The third-order valence-corrected chi connectivity index (χ3v) is 8.53. The molecule has 196 valence electrons. The van der Waals surface area contributed by atoms with Gasteiger partial charge in [0, 0.05) is 25.4 Å². The van der Waals surface area contributed by atoms with Crippen molar-refractivity contribution in [2.24, 2.45) is 11.8 Å². The summed E-state index contributed by atoms with van der Waals surface area (Å²) in [6.07, 6.45) is 5.04. The van der Waals surface area contributed by atoms with E-state index in [1.54, 1.807) is 15.9 Å². The van der Waals surface area contributed by atoms with Crippen molar-refractivity contribution in [3.8, 4) is 0 Å². The van der Waals surface area contributed by atoms with Gasteiger partial charge in [-0.05, 0) is 63.5 Å². The molecule has 36 heavy (non-hydrogen) atoms. The second-order valence-electron chi connectivity index (χ2n) is 10.5. The Hall–Kier alpha value is -2.71. The number of carboxylic acid groups (broad SMARTS) is 1. The van der Waals surface area contributed by atoms with E-state index >= 15 is 0 Å². The maximum atomic E-state index is 14.5. The lowest BCUT2D eigenvalue weighted by atomic mass is 9.65. The van der Waals surface area contributed by atoms with Crippen LogP contribution in [0.4, 0.5) is 5.69 Å². The molecule has 8 heteroatoms. The maximum Gasteiger partial charge on any atom is 0.310 e. The quantitative estimate of drug-likeness (QED) is 0.358. The molecule has 8 nitrogen and oxygen atoms in total. The fourth-order valence-electron chi connectivity index (χ4n) is 6.98. The first kappa shape index (κ1) is 26.4. The summed E-state index contributed by atoms with van der Waals surface area (Å²) in [6, 6.07) is 4.92. The van der Waals surface area contributed by atoms with Gasteiger partial charge in [-0.25, -0.2) is 0 Å². The molecule has 2 bridgehead atoms. The van der Waals surface area contributed by atoms with E-state index in [2.05, 4.69) is 6.58 Å². The topological polar surface area (TPSA) is 107 Å². The number of likely N-dealkylation sites (tertiary alicyclic amines) is 1. The Bertz CT molecular complexity index is 1040. The van der Waals surface area contributed by atoms with E-state index in [1.165, 1.54) is 0 Å². The van der Waals surface area contributed by atoms with Crippen molar-refractivity contribution in [1.82, 2.24) is 4.90 Å². The number of benzene rings is 1. The smallest absolute Gasteiger partial charge is 0.310 e. The molecule has 1 aromatic carbocycles. The number of aryl methyl sites for hydroxylation is 2. The van der Waals surface area contributed by atoms with Crippen LogP contribution in [0.15, 0.2) is 30.9 Å². The Labute approximate surface area is 212 Å². The number of nitrogens with zero attached hydrogens (tertiary/aromatic N) is 2. The van der Waals surface area contributed by atoms with E-state index in [9.17, 15) is 24.6 Å². The minimum absolute atomic E-state index is 0.0613. The number of aliphatic carboxylic acids is 1. The zero-order valence-electron chi connectivity index (χ0n) is 21.5. The summed E-state index contributed by atoms with van der Waals surface area (Å²) >= 11 is 0. The second-order valence-corrected chi connectivity index (χ2v) is 10.5. The Morgan fingerprint density at radius 1 is 1.22 bits per heavy atom. The fraction of sp³-hybridized carbons (Fsp3) is 0.607. The number of amides is 2. The monoisotopic (exact) mass is 498 g/mol. The molecule has 1 spiro atoms.